The number of nitrogens with one attached hydrogen (secondary N) is 6. The molecule has 5 aromatic rings. The van der Waals surface area contributed by atoms with E-state index in [-0.39, 0.29) is 46.7 Å². The molecule has 0 saturated heterocycles. The first-order valence-electron chi connectivity index (χ1n) is 30.5. The van der Waals surface area contributed by atoms with Crippen molar-refractivity contribution in [3.05, 3.63) is 151 Å². The number of amides is 2. The first kappa shape index (κ1) is 67.1. The van der Waals surface area contributed by atoms with Crippen LogP contribution in [0.25, 0.3) is 0 Å². The quantitative estimate of drug-likeness (QED) is 0.0631. The molecule has 0 aromatic heterocycles. The second kappa shape index (κ2) is 30.0. The van der Waals surface area contributed by atoms with Crippen molar-refractivity contribution in [2.75, 3.05) is 80.0 Å². The summed E-state index contributed by atoms with van der Waals surface area (Å²) in [7, 11) is 3.36. The topological polar surface area (TPSA) is 162 Å². The summed E-state index contributed by atoms with van der Waals surface area (Å²) in [5, 5.41) is 20.5. The third-order valence-corrected chi connectivity index (χ3v) is 16.1. The van der Waals surface area contributed by atoms with E-state index in [1.165, 1.54) is 0 Å². The Kier molecular flexibility index (Phi) is 23.4. The van der Waals surface area contributed by atoms with Gasteiger partial charge in [-0.05, 0) is 137 Å². The molecule has 2 heterocycles. The molecular weight excluding hydrogens is 1120 g/mol. The van der Waals surface area contributed by atoms with E-state index in [0.29, 0.717) is 126 Å². The zero-order valence-corrected chi connectivity index (χ0v) is 55.4. The highest BCUT2D eigenvalue weighted by atomic mass is 32.1. The number of fused-ring (bicyclic) bond motifs is 20. The highest BCUT2D eigenvalue weighted by molar-refractivity contribution is 7.80. The SMILES string of the molecule is COCCOc1c2cc(C(C)(C)C)cc1Cc1cc(C(C)(C)C)cc3c1OCC(=O)NCCCNC(=S)NCc1cccc(c1)CNC(=S)NCCCNC(=O)COc1c(cc(C(C)(C)C)cc1Cc1cc(C(C)(C)C)cc(c1OCCOC)C3)C2. The van der Waals surface area contributed by atoms with Crippen molar-refractivity contribution in [2.24, 2.45) is 0 Å². The van der Waals surface area contributed by atoms with Crippen molar-refractivity contribution in [1.82, 2.24) is 31.9 Å². The number of thiocarbonyl (C=S) groups is 2. The molecule has 0 fully saturated rings. The molecule has 0 unspecified atom stereocenters. The normalized spacial score (nSPS) is 15.8. The van der Waals surface area contributed by atoms with Crippen molar-refractivity contribution in [2.45, 2.75) is 156 Å². The molecule has 3 aliphatic rings. The van der Waals surface area contributed by atoms with Gasteiger partial charge in [-0.1, -0.05) is 156 Å². The Bertz CT molecular complexity index is 2880. The summed E-state index contributed by atoms with van der Waals surface area (Å²) in [4.78, 5) is 28.2. The molecule has 14 nitrogen and oxygen atoms in total. The van der Waals surface area contributed by atoms with Gasteiger partial charge in [0.15, 0.2) is 23.4 Å². The van der Waals surface area contributed by atoms with Crippen LogP contribution in [0, 0.1) is 0 Å². The van der Waals surface area contributed by atoms with E-state index in [0.717, 1.165) is 89.4 Å². The summed E-state index contributed by atoms with van der Waals surface area (Å²) in [5.41, 5.74) is 13.1. The molecule has 2 aliphatic heterocycles. The third-order valence-electron chi connectivity index (χ3n) is 15.5. The van der Waals surface area contributed by atoms with Gasteiger partial charge in [-0.25, -0.2) is 0 Å². The molecule has 0 saturated carbocycles. The predicted octanol–water partition coefficient (Wildman–Crippen LogP) is 11.0. The van der Waals surface area contributed by atoms with Crippen LogP contribution in [-0.4, -0.2) is 102 Å². The fraction of sp³-hybridized carbons (Fsp3) is 0.514. The molecule has 0 radical (unpaired) electrons. The zero-order chi connectivity index (χ0) is 62.4. The van der Waals surface area contributed by atoms with Crippen molar-refractivity contribution in [3.63, 3.8) is 0 Å². The number of carbonyl (C=O) groups is 2. The Morgan fingerprint density at radius 3 is 1.02 bits per heavy atom. The number of ether oxygens (including phenoxy) is 6. The standard InChI is InChI=1S/C70H96N6O8S2/c1-67(2,3)55-33-47-29-51-37-57(69(7,8)9)39-53-31-49-35-56(68(4,5)6)36-50(62(49)82-27-25-80-14)32-54-40-58(70(10,11)12)38-52(30-48(34-55)61(47)81-26-24-79-13)64(54)84-44-60(78)72-21-17-23-74-66(86)76-42-46-19-15-18-45(28-46)41-75-65(85)73-22-16-20-71-59(77)43-83-63(51)53/h15,18-19,28,33-40H,16-17,20-27,29-32,41-44H2,1-14H3,(H,71,77)(H,72,78)(H2,73,75,85)(H2,74,76,86). The van der Waals surface area contributed by atoms with E-state index < -0.39 is 0 Å². The number of hydrogen-bond acceptors (Lipinski definition) is 10. The van der Waals surface area contributed by atoms with Gasteiger partial charge in [0.2, 0.25) is 0 Å². The Balaban J connectivity index is 1.46. The number of hydrogen-bond donors (Lipinski definition) is 6. The van der Waals surface area contributed by atoms with E-state index in [9.17, 15) is 9.59 Å². The first-order chi connectivity index (χ1) is 40.7. The van der Waals surface area contributed by atoms with E-state index in [4.69, 9.17) is 52.9 Å². The third kappa shape index (κ3) is 19.3. The van der Waals surface area contributed by atoms with E-state index in [1.807, 2.05) is 6.07 Å². The maximum atomic E-state index is 14.1. The molecular formula is C70H96N6O8S2. The minimum Gasteiger partial charge on any atom is -0.491 e. The number of benzene rings is 5. The molecule has 16 heteroatoms. The van der Waals surface area contributed by atoms with Gasteiger partial charge in [0, 0.05) is 79.2 Å². The van der Waals surface area contributed by atoms with Crippen LogP contribution >= 0.6 is 24.4 Å². The molecule has 466 valence electrons. The zero-order valence-electron chi connectivity index (χ0n) is 53.7. The summed E-state index contributed by atoms with van der Waals surface area (Å²) in [5.74, 6) is 2.29. The summed E-state index contributed by atoms with van der Waals surface area (Å²) < 4.78 is 39.2. The fourth-order valence-corrected chi connectivity index (χ4v) is 10.9. The largest absolute Gasteiger partial charge is 0.491 e. The molecule has 5 aromatic carbocycles. The van der Waals surface area contributed by atoms with Gasteiger partial charge in [0.25, 0.3) is 11.8 Å². The lowest BCUT2D eigenvalue weighted by Crippen LogP contribution is -2.37. The first-order valence-corrected chi connectivity index (χ1v) is 31.3. The minimum absolute atomic E-state index is 0.209. The smallest absolute Gasteiger partial charge is 0.257 e. The summed E-state index contributed by atoms with van der Waals surface area (Å²) >= 11 is 11.3. The van der Waals surface area contributed by atoms with Crippen molar-refractivity contribution < 1.29 is 38.0 Å². The molecule has 6 N–H and O–H groups in total. The molecule has 0 atom stereocenters. The Morgan fingerprint density at radius 1 is 0.419 bits per heavy atom. The molecule has 1 aliphatic carbocycles. The van der Waals surface area contributed by atoms with Gasteiger partial charge >= 0.3 is 0 Å². The van der Waals surface area contributed by atoms with Gasteiger partial charge in [-0.15, -0.1) is 0 Å². The van der Waals surface area contributed by atoms with Gasteiger partial charge in [0.05, 0.1) is 13.2 Å². The molecule has 8 rings (SSSR count). The van der Waals surface area contributed by atoms with Crippen LogP contribution in [0.15, 0.2) is 72.8 Å². The lowest BCUT2D eigenvalue weighted by Gasteiger charge is -2.29. The fourth-order valence-electron chi connectivity index (χ4n) is 10.6. The van der Waals surface area contributed by atoms with Crippen molar-refractivity contribution >= 4 is 46.5 Å². The predicted molar refractivity (Wildman–Crippen MR) is 354 cm³/mol. The van der Waals surface area contributed by atoms with Gasteiger partial charge in [0.1, 0.15) is 36.2 Å². The van der Waals surface area contributed by atoms with Gasteiger partial charge < -0.3 is 60.3 Å². The monoisotopic (exact) mass is 1210 g/mol. The van der Waals surface area contributed by atoms with Crippen LogP contribution in [0.4, 0.5) is 0 Å². The molecule has 86 heavy (non-hydrogen) atoms. The Morgan fingerprint density at radius 2 is 0.721 bits per heavy atom. The van der Waals surface area contributed by atoms with Crippen LogP contribution in [0.2, 0.25) is 0 Å². The Labute approximate surface area is 523 Å². The van der Waals surface area contributed by atoms with Crippen molar-refractivity contribution in [3.8, 4) is 23.0 Å². The van der Waals surface area contributed by atoms with Crippen molar-refractivity contribution in [1.29, 1.82) is 0 Å². The van der Waals surface area contributed by atoms with Crippen LogP contribution in [0.1, 0.15) is 174 Å². The average molecular weight is 1210 g/mol. The number of methoxy groups -OCH3 is 2. The van der Waals surface area contributed by atoms with E-state index in [2.05, 4.69) is 182 Å². The maximum Gasteiger partial charge on any atom is 0.257 e. The summed E-state index contributed by atoms with van der Waals surface area (Å²) in [6.45, 7) is 30.8. The summed E-state index contributed by atoms with van der Waals surface area (Å²) in [6, 6.07) is 26.3. The molecule has 2 amide bonds. The highest BCUT2D eigenvalue weighted by Crippen LogP contribution is 2.44. The number of rotatable bonds is 8. The lowest BCUT2D eigenvalue weighted by molar-refractivity contribution is -0.123. The van der Waals surface area contributed by atoms with Crippen LogP contribution in [-0.2, 0) is 79.5 Å². The minimum atomic E-state index is -0.277. The number of carbonyl (C=O) groups excluding carboxylic acids is 2. The second-order valence-corrected chi connectivity index (χ2v) is 27.7. The van der Waals surface area contributed by atoms with E-state index in [1.54, 1.807) is 14.2 Å². The van der Waals surface area contributed by atoms with E-state index >= 15 is 0 Å². The molecule has 0 spiro atoms. The van der Waals surface area contributed by atoms with Crippen LogP contribution < -0.4 is 50.8 Å². The van der Waals surface area contributed by atoms with Crippen LogP contribution in [0.3, 0.4) is 0 Å². The highest BCUT2D eigenvalue weighted by Gasteiger charge is 2.30. The maximum absolute atomic E-state index is 14.1. The Hall–Kier alpha value is -6.46. The average Bonchev–Trinajstić information content (AvgIpc) is 2.91. The van der Waals surface area contributed by atoms with Gasteiger partial charge in [-0.3, -0.25) is 9.59 Å². The lowest BCUT2D eigenvalue weighted by atomic mass is 9.79. The summed E-state index contributed by atoms with van der Waals surface area (Å²) in [6.07, 6.45) is 2.93. The van der Waals surface area contributed by atoms with Crippen LogP contribution in [0.5, 0.6) is 23.0 Å². The second-order valence-electron chi connectivity index (χ2n) is 26.9. The molecule has 12 bridgehead atoms. The van der Waals surface area contributed by atoms with Gasteiger partial charge in [-0.2, -0.15) is 0 Å².